The van der Waals surface area contributed by atoms with Gasteiger partial charge in [0.2, 0.25) is 11.8 Å². The molecule has 0 radical (unpaired) electrons. The summed E-state index contributed by atoms with van der Waals surface area (Å²) in [5.41, 5.74) is 4.09. The summed E-state index contributed by atoms with van der Waals surface area (Å²) in [6, 6.07) is 22.7. The van der Waals surface area contributed by atoms with Gasteiger partial charge < -0.3 is 14.5 Å². The SMILES string of the molecule is COc1ccccc1CCCC(=O)N1Cc2ccccc2N(C(C)=O)CC[C@@H]2CC[C@H](C1)N2Cc1ccccn1. The third-order valence-corrected chi connectivity index (χ3v) is 8.36. The van der Waals surface area contributed by atoms with Gasteiger partial charge in [0.15, 0.2) is 0 Å². The Hall–Kier alpha value is -3.71. The third kappa shape index (κ3) is 6.53. The quantitative estimate of drug-likeness (QED) is 0.411. The Balaban J connectivity index is 1.40. The molecule has 0 N–H and O–H groups in total. The molecule has 1 fully saturated rings. The van der Waals surface area contributed by atoms with E-state index in [4.69, 9.17) is 4.74 Å². The van der Waals surface area contributed by atoms with Gasteiger partial charge >= 0.3 is 0 Å². The number of hydrogen-bond acceptors (Lipinski definition) is 5. The molecular formula is C33H40N4O3. The molecule has 1 aromatic heterocycles. The van der Waals surface area contributed by atoms with E-state index in [1.54, 1.807) is 14.0 Å². The Morgan fingerprint density at radius 1 is 0.950 bits per heavy atom. The molecule has 1 saturated heterocycles. The smallest absolute Gasteiger partial charge is 0.223 e. The molecule has 2 bridgehead atoms. The zero-order valence-electron chi connectivity index (χ0n) is 23.7. The molecule has 0 spiro atoms. The molecule has 2 amide bonds. The van der Waals surface area contributed by atoms with Gasteiger partial charge in [-0.25, -0.2) is 0 Å². The molecule has 2 aliphatic rings. The summed E-state index contributed by atoms with van der Waals surface area (Å²) in [4.78, 5) is 37.7. The number of aromatic nitrogens is 1. The van der Waals surface area contributed by atoms with E-state index in [0.29, 0.717) is 32.1 Å². The van der Waals surface area contributed by atoms with Crippen molar-refractivity contribution in [2.45, 2.75) is 70.6 Å². The molecule has 3 aromatic rings. The van der Waals surface area contributed by atoms with Gasteiger partial charge in [0.25, 0.3) is 0 Å². The van der Waals surface area contributed by atoms with Crippen molar-refractivity contribution in [1.82, 2.24) is 14.8 Å². The van der Waals surface area contributed by atoms with Crippen LogP contribution >= 0.6 is 0 Å². The number of amides is 2. The van der Waals surface area contributed by atoms with Crippen LogP contribution in [0.4, 0.5) is 5.69 Å². The zero-order chi connectivity index (χ0) is 27.9. The highest BCUT2D eigenvalue weighted by Crippen LogP contribution is 2.32. The van der Waals surface area contributed by atoms with Crippen molar-refractivity contribution in [3.05, 3.63) is 89.7 Å². The zero-order valence-corrected chi connectivity index (χ0v) is 23.7. The van der Waals surface area contributed by atoms with E-state index in [2.05, 4.69) is 28.1 Å². The van der Waals surface area contributed by atoms with E-state index >= 15 is 0 Å². The molecule has 7 heteroatoms. The van der Waals surface area contributed by atoms with Crippen molar-refractivity contribution in [2.75, 3.05) is 25.1 Å². The normalized spacial score (nSPS) is 19.6. The Bertz CT molecular complexity index is 1300. The molecule has 0 unspecified atom stereocenters. The van der Waals surface area contributed by atoms with Gasteiger partial charge in [-0.1, -0.05) is 42.5 Å². The van der Waals surface area contributed by atoms with Crippen LogP contribution in [0.25, 0.3) is 0 Å². The van der Waals surface area contributed by atoms with Gasteiger partial charge in [0.1, 0.15) is 5.75 Å². The van der Waals surface area contributed by atoms with Crippen LogP contribution in [0, 0.1) is 0 Å². The first-order valence-electron chi connectivity index (χ1n) is 14.4. The van der Waals surface area contributed by atoms with E-state index < -0.39 is 0 Å². The number of ether oxygens (including phenoxy) is 1. The van der Waals surface area contributed by atoms with Gasteiger partial charge in [0, 0.05) is 63.5 Å². The van der Waals surface area contributed by atoms with Crippen LogP contribution in [-0.4, -0.2) is 58.9 Å². The minimum atomic E-state index is 0.0344. The maximum absolute atomic E-state index is 13.8. The molecule has 7 nitrogen and oxygen atoms in total. The number of pyridine rings is 1. The largest absolute Gasteiger partial charge is 0.496 e. The second kappa shape index (κ2) is 13.1. The minimum absolute atomic E-state index is 0.0344. The minimum Gasteiger partial charge on any atom is -0.496 e. The molecule has 3 heterocycles. The van der Waals surface area contributed by atoms with Gasteiger partial charge in [-0.2, -0.15) is 0 Å². The van der Waals surface area contributed by atoms with E-state index in [9.17, 15) is 9.59 Å². The lowest BCUT2D eigenvalue weighted by Gasteiger charge is -2.33. The predicted octanol–water partition coefficient (Wildman–Crippen LogP) is 5.23. The van der Waals surface area contributed by atoms with Crippen molar-refractivity contribution >= 4 is 17.5 Å². The fourth-order valence-corrected chi connectivity index (χ4v) is 6.30. The predicted molar refractivity (Wildman–Crippen MR) is 157 cm³/mol. The fourth-order valence-electron chi connectivity index (χ4n) is 6.30. The first kappa shape index (κ1) is 27.8. The lowest BCUT2D eigenvalue weighted by Crippen LogP contribution is -2.45. The van der Waals surface area contributed by atoms with Gasteiger partial charge in [-0.05, 0) is 67.5 Å². The standard InChI is InChI=1S/C33H40N4O3/c1-25(38)36-21-19-29-17-18-30(37(29)23-28-13-7-8-20-34-28)24-35(22-27-11-3-5-14-31(27)36)33(39)16-9-12-26-10-4-6-15-32(26)40-2/h3-8,10-11,13-15,20,29-30H,9,12,16-19,21-24H2,1-2H3/t29-,30+/m0/s1. The average Bonchev–Trinajstić information content (AvgIpc) is 3.33. The number of aryl methyl sites for hydroxylation is 1. The highest BCUT2D eigenvalue weighted by atomic mass is 16.5. The summed E-state index contributed by atoms with van der Waals surface area (Å²) in [6.45, 7) is 4.21. The summed E-state index contributed by atoms with van der Waals surface area (Å²) in [6.07, 6.45) is 6.83. The average molecular weight is 541 g/mol. The Morgan fingerprint density at radius 3 is 2.52 bits per heavy atom. The first-order valence-corrected chi connectivity index (χ1v) is 14.4. The van der Waals surface area contributed by atoms with Crippen molar-refractivity contribution in [3.8, 4) is 5.75 Å². The van der Waals surface area contributed by atoms with Crippen LogP contribution in [0.3, 0.4) is 0 Å². The topological polar surface area (TPSA) is 66.0 Å². The molecule has 40 heavy (non-hydrogen) atoms. The number of carbonyl (C=O) groups excluding carboxylic acids is 2. The van der Waals surface area contributed by atoms with Crippen molar-refractivity contribution < 1.29 is 14.3 Å². The summed E-state index contributed by atoms with van der Waals surface area (Å²) in [7, 11) is 1.69. The Labute approximate surface area is 237 Å². The van der Waals surface area contributed by atoms with Crippen LogP contribution in [0.15, 0.2) is 72.9 Å². The van der Waals surface area contributed by atoms with Crippen molar-refractivity contribution in [1.29, 1.82) is 0 Å². The lowest BCUT2D eigenvalue weighted by atomic mass is 10.0. The maximum Gasteiger partial charge on any atom is 0.223 e. The number of nitrogens with zero attached hydrogens (tertiary/aromatic N) is 4. The molecule has 210 valence electrons. The van der Waals surface area contributed by atoms with E-state index in [1.807, 2.05) is 64.5 Å². The van der Waals surface area contributed by atoms with Gasteiger partial charge in [0.05, 0.1) is 12.8 Å². The number of methoxy groups -OCH3 is 1. The van der Waals surface area contributed by atoms with Crippen LogP contribution in [-0.2, 0) is 29.1 Å². The molecule has 2 atom stereocenters. The molecule has 0 aliphatic carbocycles. The van der Waals surface area contributed by atoms with Crippen LogP contribution in [0.1, 0.15) is 55.8 Å². The molecular weight excluding hydrogens is 500 g/mol. The summed E-state index contributed by atoms with van der Waals surface area (Å²) >= 11 is 0. The van der Waals surface area contributed by atoms with E-state index in [1.165, 1.54) is 0 Å². The first-order chi connectivity index (χ1) is 19.5. The Morgan fingerprint density at radius 2 is 1.73 bits per heavy atom. The lowest BCUT2D eigenvalue weighted by molar-refractivity contribution is -0.132. The number of benzene rings is 2. The summed E-state index contributed by atoms with van der Waals surface area (Å²) in [5.74, 6) is 1.05. The molecule has 2 aliphatic heterocycles. The highest BCUT2D eigenvalue weighted by molar-refractivity contribution is 5.92. The van der Waals surface area contributed by atoms with Crippen LogP contribution in [0.5, 0.6) is 5.75 Å². The number of anilines is 1. The number of rotatable bonds is 7. The summed E-state index contributed by atoms with van der Waals surface area (Å²) < 4.78 is 5.51. The highest BCUT2D eigenvalue weighted by Gasteiger charge is 2.36. The second-order valence-corrected chi connectivity index (χ2v) is 10.9. The third-order valence-electron chi connectivity index (χ3n) is 8.36. The number of para-hydroxylation sites is 2. The number of carbonyl (C=O) groups is 2. The summed E-state index contributed by atoms with van der Waals surface area (Å²) in [5, 5.41) is 0. The Kier molecular flexibility index (Phi) is 9.12. The van der Waals surface area contributed by atoms with Gasteiger partial charge in [-0.15, -0.1) is 0 Å². The van der Waals surface area contributed by atoms with E-state index in [-0.39, 0.29) is 17.9 Å². The monoisotopic (exact) mass is 540 g/mol. The molecule has 0 saturated carbocycles. The van der Waals surface area contributed by atoms with Crippen LogP contribution < -0.4 is 9.64 Å². The number of hydrogen-bond donors (Lipinski definition) is 0. The maximum atomic E-state index is 13.8. The van der Waals surface area contributed by atoms with Crippen LogP contribution in [0.2, 0.25) is 0 Å². The molecule has 5 rings (SSSR count). The van der Waals surface area contributed by atoms with Crippen molar-refractivity contribution in [3.63, 3.8) is 0 Å². The van der Waals surface area contributed by atoms with E-state index in [0.717, 1.165) is 66.9 Å². The van der Waals surface area contributed by atoms with Gasteiger partial charge in [-0.3, -0.25) is 19.5 Å². The van der Waals surface area contributed by atoms with Crippen molar-refractivity contribution in [2.24, 2.45) is 0 Å². The molecule has 2 aromatic carbocycles. The number of fused-ring (bicyclic) bond motifs is 3. The fraction of sp³-hybridized carbons (Fsp3) is 0.424. The second-order valence-electron chi connectivity index (χ2n) is 10.9.